The summed E-state index contributed by atoms with van der Waals surface area (Å²) in [5.74, 6) is 0.00403. The van der Waals surface area contributed by atoms with E-state index >= 15 is 0 Å². The lowest BCUT2D eigenvalue weighted by molar-refractivity contribution is 0.381. The number of ether oxygens (including phenoxy) is 1. The van der Waals surface area contributed by atoms with Crippen molar-refractivity contribution in [2.45, 2.75) is 19.4 Å². The van der Waals surface area contributed by atoms with Gasteiger partial charge in [0.1, 0.15) is 0 Å². The van der Waals surface area contributed by atoms with E-state index in [1.54, 1.807) is 17.4 Å². The first-order valence-corrected chi connectivity index (χ1v) is 7.25. The maximum absolute atomic E-state index is 14.4. The van der Waals surface area contributed by atoms with Crippen LogP contribution in [0.3, 0.4) is 0 Å². The van der Waals surface area contributed by atoms with E-state index in [1.165, 1.54) is 7.11 Å². The molecule has 0 bridgehead atoms. The second kappa shape index (κ2) is 6.68. The third-order valence-corrected chi connectivity index (χ3v) is 3.89. The topological polar surface area (TPSA) is 21.3 Å². The number of halogens is 1. The predicted octanol–water partition coefficient (Wildman–Crippen LogP) is 3.98. The number of nitrogens with one attached hydrogen (secondary N) is 1. The number of methoxy groups -OCH3 is 1. The Kier molecular flexibility index (Phi) is 4.93. The van der Waals surface area contributed by atoms with E-state index in [-0.39, 0.29) is 17.6 Å². The zero-order valence-corrected chi connectivity index (χ0v) is 12.0. The minimum Gasteiger partial charge on any atom is -0.494 e. The number of hydrogen-bond acceptors (Lipinski definition) is 3. The van der Waals surface area contributed by atoms with Gasteiger partial charge in [-0.2, -0.15) is 0 Å². The van der Waals surface area contributed by atoms with Gasteiger partial charge in [-0.1, -0.05) is 25.1 Å². The molecule has 1 aromatic carbocycles. The van der Waals surface area contributed by atoms with Crippen LogP contribution in [0.4, 0.5) is 4.39 Å². The van der Waals surface area contributed by atoms with Crippen molar-refractivity contribution in [3.8, 4) is 5.75 Å². The SMILES string of the molecule is CCCNC(c1cccs1)c1cccc(OC)c1F. The van der Waals surface area contributed by atoms with Gasteiger partial charge < -0.3 is 10.1 Å². The van der Waals surface area contributed by atoms with Crippen LogP contribution in [0.2, 0.25) is 0 Å². The highest BCUT2D eigenvalue weighted by molar-refractivity contribution is 7.10. The van der Waals surface area contributed by atoms with E-state index in [0.717, 1.165) is 17.8 Å². The summed E-state index contributed by atoms with van der Waals surface area (Å²) in [7, 11) is 1.49. The molecular weight excluding hydrogens is 261 g/mol. The summed E-state index contributed by atoms with van der Waals surface area (Å²) in [6, 6.07) is 9.17. The van der Waals surface area contributed by atoms with Crippen LogP contribution >= 0.6 is 11.3 Å². The van der Waals surface area contributed by atoms with Crippen molar-refractivity contribution in [1.29, 1.82) is 0 Å². The van der Waals surface area contributed by atoms with Crippen molar-refractivity contribution in [2.75, 3.05) is 13.7 Å². The molecule has 1 N–H and O–H groups in total. The molecule has 1 atom stereocenters. The Labute approximate surface area is 117 Å². The van der Waals surface area contributed by atoms with Gasteiger partial charge in [0.2, 0.25) is 0 Å². The average molecular weight is 279 g/mol. The third kappa shape index (κ3) is 3.14. The van der Waals surface area contributed by atoms with Gasteiger partial charge in [0.05, 0.1) is 13.2 Å². The van der Waals surface area contributed by atoms with Crippen LogP contribution in [0.5, 0.6) is 5.75 Å². The van der Waals surface area contributed by atoms with E-state index in [4.69, 9.17) is 4.74 Å². The fraction of sp³-hybridized carbons (Fsp3) is 0.333. The first kappa shape index (κ1) is 14.0. The summed E-state index contributed by atoms with van der Waals surface area (Å²) in [5, 5.41) is 5.40. The minimum atomic E-state index is -0.285. The number of benzene rings is 1. The minimum absolute atomic E-state index is 0.116. The molecule has 102 valence electrons. The van der Waals surface area contributed by atoms with E-state index in [0.29, 0.717) is 5.56 Å². The Hall–Kier alpha value is -1.39. The van der Waals surface area contributed by atoms with Crippen LogP contribution in [0, 0.1) is 5.82 Å². The first-order chi connectivity index (χ1) is 9.27. The predicted molar refractivity (Wildman–Crippen MR) is 77.4 cm³/mol. The van der Waals surface area contributed by atoms with Gasteiger partial charge in [0.25, 0.3) is 0 Å². The number of thiophene rings is 1. The normalized spacial score (nSPS) is 12.4. The van der Waals surface area contributed by atoms with Gasteiger partial charge in [0.15, 0.2) is 11.6 Å². The lowest BCUT2D eigenvalue weighted by Crippen LogP contribution is -2.23. The third-order valence-electron chi connectivity index (χ3n) is 2.95. The van der Waals surface area contributed by atoms with Crippen molar-refractivity contribution < 1.29 is 9.13 Å². The molecule has 2 rings (SSSR count). The van der Waals surface area contributed by atoms with Crippen molar-refractivity contribution in [2.24, 2.45) is 0 Å². The number of hydrogen-bond donors (Lipinski definition) is 1. The van der Waals surface area contributed by atoms with Gasteiger partial charge in [-0.3, -0.25) is 0 Å². The highest BCUT2D eigenvalue weighted by Crippen LogP contribution is 2.31. The second-order valence-electron chi connectivity index (χ2n) is 4.27. The standard InChI is InChI=1S/C15H18FNOS/c1-3-9-17-15(13-8-5-10-19-13)11-6-4-7-12(18-2)14(11)16/h4-8,10,15,17H,3,9H2,1-2H3. The average Bonchev–Trinajstić information content (AvgIpc) is 2.95. The van der Waals surface area contributed by atoms with Crippen molar-refractivity contribution in [3.05, 3.63) is 52.0 Å². The summed E-state index contributed by atoms with van der Waals surface area (Å²) in [6.45, 7) is 2.94. The summed E-state index contributed by atoms with van der Waals surface area (Å²) < 4.78 is 19.4. The Morgan fingerprint density at radius 1 is 1.32 bits per heavy atom. The lowest BCUT2D eigenvalue weighted by Gasteiger charge is -2.19. The van der Waals surface area contributed by atoms with Crippen LogP contribution in [0.15, 0.2) is 35.7 Å². The zero-order chi connectivity index (χ0) is 13.7. The maximum atomic E-state index is 14.4. The van der Waals surface area contributed by atoms with E-state index in [1.807, 2.05) is 29.6 Å². The summed E-state index contributed by atoms with van der Waals surface area (Å²) in [6.07, 6.45) is 1.01. The molecule has 0 aliphatic carbocycles. The first-order valence-electron chi connectivity index (χ1n) is 6.37. The fourth-order valence-electron chi connectivity index (χ4n) is 2.02. The molecule has 0 spiro atoms. The molecule has 2 aromatic rings. The van der Waals surface area contributed by atoms with E-state index in [9.17, 15) is 4.39 Å². The van der Waals surface area contributed by atoms with Gasteiger partial charge in [-0.05, 0) is 30.5 Å². The molecule has 1 aromatic heterocycles. The molecule has 0 saturated carbocycles. The molecule has 0 fully saturated rings. The summed E-state index contributed by atoms with van der Waals surface area (Å²) >= 11 is 1.63. The highest BCUT2D eigenvalue weighted by Gasteiger charge is 2.20. The zero-order valence-electron chi connectivity index (χ0n) is 11.2. The maximum Gasteiger partial charge on any atom is 0.170 e. The Morgan fingerprint density at radius 2 is 2.16 bits per heavy atom. The number of rotatable bonds is 6. The molecule has 0 radical (unpaired) electrons. The molecule has 0 aliphatic rings. The molecule has 1 heterocycles. The lowest BCUT2D eigenvalue weighted by atomic mass is 10.0. The van der Waals surface area contributed by atoms with Crippen LogP contribution in [0.1, 0.15) is 29.8 Å². The van der Waals surface area contributed by atoms with Crippen molar-refractivity contribution >= 4 is 11.3 Å². The monoisotopic (exact) mass is 279 g/mol. The van der Waals surface area contributed by atoms with Gasteiger partial charge in [0, 0.05) is 10.4 Å². The van der Waals surface area contributed by atoms with Crippen LogP contribution in [0.25, 0.3) is 0 Å². The highest BCUT2D eigenvalue weighted by atomic mass is 32.1. The van der Waals surface area contributed by atoms with Crippen molar-refractivity contribution in [1.82, 2.24) is 5.32 Å². The quantitative estimate of drug-likeness (QED) is 0.863. The van der Waals surface area contributed by atoms with Crippen molar-refractivity contribution in [3.63, 3.8) is 0 Å². The molecule has 2 nitrogen and oxygen atoms in total. The van der Waals surface area contributed by atoms with Gasteiger partial charge >= 0.3 is 0 Å². The van der Waals surface area contributed by atoms with Crippen LogP contribution in [-0.2, 0) is 0 Å². The molecule has 4 heteroatoms. The smallest absolute Gasteiger partial charge is 0.170 e. The summed E-state index contributed by atoms with van der Waals surface area (Å²) in [5.41, 5.74) is 0.634. The molecule has 0 amide bonds. The van der Waals surface area contributed by atoms with Gasteiger partial charge in [-0.15, -0.1) is 11.3 Å². The van der Waals surface area contributed by atoms with Crippen LogP contribution < -0.4 is 10.1 Å². The van der Waals surface area contributed by atoms with E-state index in [2.05, 4.69) is 12.2 Å². The fourth-order valence-corrected chi connectivity index (χ4v) is 2.83. The Bertz CT molecular complexity index is 513. The van der Waals surface area contributed by atoms with Gasteiger partial charge in [-0.25, -0.2) is 4.39 Å². The largest absolute Gasteiger partial charge is 0.494 e. The molecule has 0 aliphatic heterocycles. The molecular formula is C15H18FNOS. The second-order valence-corrected chi connectivity index (χ2v) is 5.25. The Balaban J connectivity index is 2.38. The Morgan fingerprint density at radius 3 is 2.79 bits per heavy atom. The van der Waals surface area contributed by atoms with E-state index < -0.39 is 0 Å². The summed E-state index contributed by atoms with van der Waals surface area (Å²) in [4.78, 5) is 1.11. The molecule has 19 heavy (non-hydrogen) atoms. The van der Waals surface area contributed by atoms with Crippen LogP contribution in [-0.4, -0.2) is 13.7 Å². The molecule has 1 unspecified atom stereocenters. The molecule has 0 saturated heterocycles.